The molecule has 2 aromatic carbocycles. The van der Waals surface area contributed by atoms with Crippen molar-refractivity contribution in [1.29, 1.82) is 0 Å². The van der Waals surface area contributed by atoms with Crippen LogP contribution in [-0.2, 0) is 19.7 Å². The molecule has 1 unspecified atom stereocenters. The number of sulfone groups is 2. The fraction of sp³-hybridized carbons (Fsp3) is 0.300. The van der Waals surface area contributed by atoms with Gasteiger partial charge in [-0.15, -0.1) is 0 Å². The lowest BCUT2D eigenvalue weighted by molar-refractivity contribution is 0.599. The Bertz CT molecular complexity index is 997. The van der Waals surface area contributed by atoms with Crippen molar-refractivity contribution in [3.63, 3.8) is 0 Å². The lowest BCUT2D eigenvalue weighted by Crippen LogP contribution is -2.41. The minimum Gasteiger partial charge on any atom is -0.324 e. The zero-order valence-electron chi connectivity index (χ0n) is 16.6. The van der Waals surface area contributed by atoms with Crippen LogP contribution in [0.3, 0.4) is 0 Å². The summed E-state index contributed by atoms with van der Waals surface area (Å²) in [6.45, 7) is 0. The van der Waals surface area contributed by atoms with Gasteiger partial charge in [-0.2, -0.15) is 0 Å². The van der Waals surface area contributed by atoms with E-state index in [1.165, 1.54) is 0 Å². The van der Waals surface area contributed by atoms with Crippen LogP contribution in [-0.4, -0.2) is 45.9 Å². The smallest absolute Gasteiger partial charge is 0.157 e. The Morgan fingerprint density at radius 2 is 1.37 bits per heavy atom. The molecule has 0 aromatic heterocycles. The van der Waals surface area contributed by atoms with Crippen LogP contribution < -0.4 is 22.1 Å². The number of rotatable bonds is 3. The molecule has 5 N–H and O–H groups in total. The van der Waals surface area contributed by atoms with Gasteiger partial charge in [0, 0.05) is 5.69 Å². The normalized spacial score (nSPS) is 20.3. The Hall–Kier alpha value is -2.40. The van der Waals surface area contributed by atoms with Crippen LogP contribution in [0.25, 0.3) is 0 Å². The van der Waals surface area contributed by atoms with E-state index in [9.17, 15) is 16.8 Å². The Labute approximate surface area is 178 Å². The summed E-state index contributed by atoms with van der Waals surface area (Å²) in [5, 5.41) is 1.56. The van der Waals surface area contributed by atoms with E-state index < -0.39 is 19.7 Å². The predicted molar refractivity (Wildman–Crippen MR) is 122 cm³/mol. The van der Waals surface area contributed by atoms with Gasteiger partial charge in [-0.1, -0.05) is 48.6 Å². The number of hydrogen-bond donors (Lipinski definition) is 3. The Kier molecular flexibility index (Phi) is 8.85. The molecule has 2 aromatic rings. The average Bonchev–Trinajstić information content (AvgIpc) is 3.33. The molecule has 1 saturated heterocycles. The molecule has 1 fully saturated rings. The van der Waals surface area contributed by atoms with Gasteiger partial charge < -0.3 is 10.4 Å². The first-order chi connectivity index (χ1) is 14.2. The second-order valence-corrected chi connectivity index (χ2v) is 11.2. The predicted octanol–water partition coefficient (Wildman–Crippen LogP) is 1.50. The fourth-order valence-corrected chi connectivity index (χ4v) is 5.54. The molecule has 2 heterocycles. The van der Waals surface area contributed by atoms with Gasteiger partial charge in [0.1, 0.15) is 0 Å². The highest BCUT2D eigenvalue weighted by atomic mass is 32.2. The zero-order valence-corrected chi connectivity index (χ0v) is 18.2. The summed E-state index contributed by atoms with van der Waals surface area (Å²) in [5.74, 6) is 11.9. The molecule has 10 heteroatoms. The molecule has 0 saturated carbocycles. The molecule has 0 spiro atoms. The third-order valence-electron chi connectivity index (χ3n) is 4.46. The van der Waals surface area contributed by atoms with Gasteiger partial charge in [0.15, 0.2) is 19.7 Å². The molecular weight excluding hydrogens is 424 g/mol. The Balaban J connectivity index is 0.000000179. The number of nitrogens with one attached hydrogen (secondary N) is 1. The third-order valence-corrected chi connectivity index (χ3v) is 7.61. The number of nitrogens with zero attached hydrogens (tertiary/aromatic N) is 1. The van der Waals surface area contributed by atoms with E-state index in [0.717, 1.165) is 11.4 Å². The van der Waals surface area contributed by atoms with Crippen LogP contribution in [0, 0.1) is 0 Å². The topological polar surface area (TPSA) is 136 Å². The van der Waals surface area contributed by atoms with Crippen molar-refractivity contribution in [2.45, 2.75) is 12.5 Å². The van der Waals surface area contributed by atoms with Crippen molar-refractivity contribution >= 4 is 31.0 Å². The molecule has 0 bridgehead atoms. The highest BCUT2D eigenvalue weighted by Gasteiger charge is 2.31. The molecule has 4 rings (SSSR count). The Morgan fingerprint density at radius 3 is 1.73 bits per heavy atom. The van der Waals surface area contributed by atoms with Gasteiger partial charge >= 0.3 is 0 Å². The van der Waals surface area contributed by atoms with Gasteiger partial charge in [-0.3, -0.25) is 5.84 Å². The summed E-state index contributed by atoms with van der Waals surface area (Å²) in [4.78, 5) is 0. The maximum Gasteiger partial charge on any atom is 0.157 e. The van der Waals surface area contributed by atoms with Crippen molar-refractivity contribution in [3.05, 3.63) is 72.8 Å². The second-order valence-electron chi connectivity index (χ2n) is 6.86. The molecule has 2 aliphatic rings. The van der Waals surface area contributed by atoms with Gasteiger partial charge in [0.2, 0.25) is 0 Å². The summed E-state index contributed by atoms with van der Waals surface area (Å²) in [5.41, 5.74) is 4.33. The van der Waals surface area contributed by atoms with E-state index in [1.807, 2.05) is 60.7 Å². The lowest BCUT2D eigenvalue weighted by atomic mass is 10.2. The van der Waals surface area contributed by atoms with Crippen molar-refractivity contribution in [1.82, 2.24) is 0 Å². The quantitative estimate of drug-likeness (QED) is 0.362. The van der Waals surface area contributed by atoms with E-state index >= 15 is 0 Å². The highest BCUT2D eigenvalue weighted by molar-refractivity contribution is 7.92. The van der Waals surface area contributed by atoms with Crippen LogP contribution in [0.2, 0.25) is 0 Å². The van der Waals surface area contributed by atoms with Gasteiger partial charge in [0.25, 0.3) is 0 Å². The van der Waals surface area contributed by atoms with Crippen molar-refractivity contribution in [2.75, 3.05) is 33.4 Å². The number of nitrogen functional groups attached to an aromatic ring is 1. The first kappa shape index (κ1) is 23.9. The van der Waals surface area contributed by atoms with Crippen molar-refractivity contribution in [3.8, 4) is 0 Å². The molecule has 0 radical (unpaired) electrons. The minimum absolute atomic E-state index is 0.0857. The summed E-state index contributed by atoms with van der Waals surface area (Å²) < 4.78 is 43.3. The lowest BCUT2D eigenvalue weighted by Gasteiger charge is -2.24. The first-order valence-electron chi connectivity index (χ1n) is 9.39. The molecule has 2 aliphatic heterocycles. The van der Waals surface area contributed by atoms with Crippen molar-refractivity contribution < 1.29 is 16.8 Å². The van der Waals surface area contributed by atoms with E-state index in [4.69, 9.17) is 11.7 Å². The van der Waals surface area contributed by atoms with Crippen LogP contribution in [0.4, 0.5) is 11.4 Å². The summed E-state index contributed by atoms with van der Waals surface area (Å²) >= 11 is 0. The maximum atomic E-state index is 11.3. The molecule has 164 valence electrons. The van der Waals surface area contributed by atoms with Gasteiger partial charge in [-0.25, -0.2) is 22.7 Å². The van der Waals surface area contributed by atoms with Gasteiger partial charge in [-0.05, 0) is 30.7 Å². The van der Waals surface area contributed by atoms with Crippen molar-refractivity contribution in [2.24, 2.45) is 11.7 Å². The van der Waals surface area contributed by atoms with E-state index in [0.29, 0.717) is 6.42 Å². The van der Waals surface area contributed by atoms with Crippen LogP contribution in [0.5, 0.6) is 0 Å². The number of hydrazine groups is 2. The second kappa shape index (κ2) is 11.1. The molecule has 0 amide bonds. The summed E-state index contributed by atoms with van der Waals surface area (Å²) in [6, 6.07) is 19.0. The van der Waals surface area contributed by atoms with E-state index in [1.54, 1.807) is 17.2 Å². The highest BCUT2D eigenvalue weighted by Crippen LogP contribution is 2.20. The zero-order chi connectivity index (χ0) is 22.0. The molecule has 0 aliphatic carbocycles. The van der Waals surface area contributed by atoms with Gasteiger partial charge in [0.05, 0.1) is 34.7 Å². The van der Waals surface area contributed by atoms with E-state index in [2.05, 4.69) is 5.43 Å². The number of para-hydroxylation sites is 2. The molecule has 1 atom stereocenters. The minimum atomic E-state index is -2.87. The maximum absolute atomic E-state index is 11.3. The molecular formula is C20H28N4O4S2. The summed E-state index contributed by atoms with van der Waals surface area (Å²) in [6.07, 6.45) is 3.97. The number of hydrogen-bond acceptors (Lipinski definition) is 8. The standard InChI is InChI=1S/C10H14N2O2S.C6H8N2.C4H6O2S/c11-12(9-4-2-1-3-5-9)10-6-7-15(13,14)8-10;7-8-6-4-2-1-3-5-6;5-7(6)3-1-2-4-7/h1-5,10H,6-8,11H2;1-5,8H,7H2;1-2H,3-4H2. The van der Waals surface area contributed by atoms with Crippen LogP contribution in [0.1, 0.15) is 6.42 Å². The number of nitrogens with two attached hydrogens (primary N) is 2. The number of benzene rings is 2. The average molecular weight is 453 g/mol. The summed E-state index contributed by atoms with van der Waals surface area (Å²) in [7, 11) is -5.53. The number of anilines is 2. The van der Waals surface area contributed by atoms with Crippen LogP contribution >= 0.6 is 0 Å². The third kappa shape index (κ3) is 8.15. The SMILES string of the molecule is NN(c1ccccc1)C1CCS(=O)(=O)C1.NNc1ccccc1.O=S1(=O)CC=CC1. The Morgan fingerprint density at radius 1 is 0.833 bits per heavy atom. The first-order valence-corrected chi connectivity index (χ1v) is 13.0. The largest absolute Gasteiger partial charge is 0.324 e. The monoisotopic (exact) mass is 452 g/mol. The fourth-order valence-electron chi connectivity index (χ4n) is 2.84. The van der Waals surface area contributed by atoms with Crippen LogP contribution in [0.15, 0.2) is 72.8 Å². The molecule has 8 nitrogen and oxygen atoms in total. The van der Waals surface area contributed by atoms with E-state index in [-0.39, 0.29) is 29.1 Å². The molecule has 30 heavy (non-hydrogen) atoms.